The highest BCUT2D eigenvalue weighted by molar-refractivity contribution is 6.01. The zero-order valence-electron chi connectivity index (χ0n) is 21.9. The third-order valence-corrected chi connectivity index (χ3v) is 8.96. The normalized spacial score (nSPS) is 22.3. The third-order valence-electron chi connectivity index (χ3n) is 8.96. The number of nitrogens with two attached hydrogens (primary N) is 1. The monoisotopic (exact) mass is 514 g/mol. The maximum absolute atomic E-state index is 13.6. The van der Waals surface area contributed by atoms with Gasteiger partial charge >= 0.3 is 0 Å². The molecule has 4 heterocycles. The Hall–Kier alpha value is -3.56. The van der Waals surface area contributed by atoms with Crippen LogP contribution in [0.2, 0.25) is 0 Å². The molecule has 3 N–H and O–H groups in total. The number of para-hydroxylation sites is 1. The lowest BCUT2D eigenvalue weighted by atomic mass is 10.1. The maximum Gasteiger partial charge on any atom is 0.254 e. The number of aryl methyl sites for hydroxylation is 1. The number of hydrogen-bond donors (Lipinski definition) is 2. The van der Waals surface area contributed by atoms with E-state index in [4.69, 9.17) is 15.5 Å². The zero-order valence-corrected chi connectivity index (χ0v) is 21.9. The molecule has 1 aliphatic carbocycles. The van der Waals surface area contributed by atoms with Crippen molar-refractivity contribution in [3.8, 4) is 17.3 Å². The lowest BCUT2D eigenvalue weighted by molar-refractivity contribution is 0.0700. The Balaban J connectivity index is 1.32. The van der Waals surface area contributed by atoms with E-state index in [1.165, 1.54) is 16.6 Å². The van der Waals surface area contributed by atoms with E-state index in [1.54, 1.807) is 7.11 Å². The number of benzene rings is 2. The van der Waals surface area contributed by atoms with E-state index < -0.39 is 0 Å². The molecule has 9 nitrogen and oxygen atoms in total. The number of nitrogens with zero attached hydrogens (tertiary/aromatic N) is 5. The number of ether oxygens (including phenoxy) is 1. The molecule has 2 bridgehead atoms. The largest absolute Gasteiger partial charge is 0.494 e. The number of amides is 1. The Labute approximate surface area is 221 Å². The molecule has 4 aromatic rings. The number of aliphatic hydroxyl groups excluding tert-OH is 1. The number of fused-ring (bicyclic) bond motifs is 3. The number of anilines is 1. The number of imidazole rings is 1. The summed E-state index contributed by atoms with van der Waals surface area (Å²) in [5.41, 5.74) is 12.0. The highest BCUT2D eigenvalue weighted by atomic mass is 16.5. The lowest BCUT2D eigenvalue weighted by Crippen LogP contribution is -2.41. The predicted molar refractivity (Wildman–Crippen MR) is 148 cm³/mol. The number of piperidine rings is 1. The first-order valence-electron chi connectivity index (χ1n) is 13.6. The van der Waals surface area contributed by atoms with Crippen molar-refractivity contribution in [3.05, 3.63) is 42.0 Å². The second-order valence-electron chi connectivity index (χ2n) is 10.9. The fraction of sp³-hybridized carbons (Fsp3) is 0.448. The summed E-state index contributed by atoms with van der Waals surface area (Å²) < 4.78 is 10.2. The quantitative estimate of drug-likeness (QED) is 0.410. The molecule has 3 aliphatic rings. The van der Waals surface area contributed by atoms with Crippen LogP contribution in [0.25, 0.3) is 33.5 Å². The molecule has 0 unspecified atom stereocenters. The van der Waals surface area contributed by atoms with E-state index >= 15 is 0 Å². The number of methoxy groups -OCH3 is 1. The maximum atomic E-state index is 13.6. The minimum Gasteiger partial charge on any atom is -0.494 e. The molecule has 0 spiro atoms. The van der Waals surface area contributed by atoms with Crippen LogP contribution in [-0.2, 0) is 13.6 Å². The van der Waals surface area contributed by atoms with Gasteiger partial charge in [0.15, 0.2) is 5.82 Å². The van der Waals surface area contributed by atoms with Gasteiger partial charge in [0.1, 0.15) is 11.3 Å². The fourth-order valence-corrected chi connectivity index (χ4v) is 7.08. The topological polar surface area (TPSA) is 102 Å². The summed E-state index contributed by atoms with van der Waals surface area (Å²) in [5, 5.41) is 10.5. The number of likely N-dealkylation sites (tertiary alicyclic amines) is 1. The third kappa shape index (κ3) is 3.31. The van der Waals surface area contributed by atoms with Gasteiger partial charge in [0.25, 0.3) is 5.91 Å². The number of carbonyl (C=O) groups is 1. The Morgan fingerprint density at radius 3 is 2.79 bits per heavy atom. The SMILES string of the molecule is COc1cc(C(=O)N2C[C@H]3CC[C@@H]2[C@@H]3N)cc2nc(-c3cc4cccc5c4n3CCN5CCCO)n(C)c12. The Morgan fingerprint density at radius 1 is 1.18 bits per heavy atom. The van der Waals surface area contributed by atoms with Crippen molar-refractivity contribution in [3.63, 3.8) is 0 Å². The summed E-state index contributed by atoms with van der Waals surface area (Å²) >= 11 is 0. The van der Waals surface area contributed by atoms with Crippen molar-refractivity contribution >= 4 is 33.5 Å². The number of aromatic nitrogens is 3. The molecule has 1 saturated carbocycles. The highest BCUT2D eigenvalue weighted by Crippen LogP contribution is 2.40. The van der Waals surface area contributed by atoms with Crippen LogP contribution in [0.4, 0.5) is 5.69 Å². The van der Waals surface area contributed by atoms with E-state index in [0.717, 1.165) is 68.0 Å². The first-order chi connectivity index (χ1) is 18.5. The molecule has 9 heteroatoms. The number of rotatable bonds is 6. The molecule has 38 heavy (non-hydrogen) atoms. The van der Waals surface area contributed by atoms with E-state index in [1.807, 2.05) is 24.1 Å². The van der Waals surface area contributed by atoms with Gasteiger partial charge in [-0.2, -0.15) is 0 Å². The van der Waals surface area contributed by atoms with Crippen LogP contribution in [0.3, 0.4) is 0 Å². The molecule has 2 aromatic carbocycles. The summed E-state index contributed by atoms with van der Waals surface area (Å²) in [5.74, 6) is 1.90. The number of aliphatic hydroxyl groups is 1. The highest BCUT2D eigenvalue weighted by Gasteiger charge is 2.47. The molecule has 7 rings (SSSR count). The molecular weight excluding hydrogens is 480 g/mol. The lowest BCUT2D eigenvalue weighted by Gasteiger charge is -2.31. The molecule has 198 valence electrons. The Bertz CT molecular complexity index is 1570. The second-order valence-corrected chi connectivity index (χ2v) is 10.9. The van der Waals surface area contributed by atoms with Crippen LogP contribution < -0.4 is 15.4 Å². The minimum absolute atomic E-state index is 0.0104. The summed E-state index contributed by atoms with van der Waals surface area (Å²) in [6.45, 7) is 3.47. The van der Waals surface area contributed by atoms with E-state index in [9.17, 15) is 9.90 Å². The van der Waals surface area contributed by atoms with Crippen LogP contribution in [-0.4, -0.2) is 75.5 Å². The number of hydrogen-bond acceptors (Lipinski definition) is 6. The van der Waals surface area contributed by atoms with Crippen LogP contribution in [0.5, 0.6) is 5.75 Å². The summed E-state index contributed by atoms with van der Waals surface area (Å²) in [6.07, 6.45) is 2.84. The molecular formula is C29H34N6O3. The predicted octanol–water partition coefficient (Wildman–Crippen LogP) is 2.97. The second kappa shape index (κ2) is 8.74. The minimum atomic E-state index is 0.0104. The molecule has 2 aliphatic heterocycles. The van der Waals surface area contributed by atoms with Crippen molar-refractivity contribution in [2.75, 3.05) is 38.3 Å². The van der Waals surface area contributed by atoms with Crippen molar-refractivity contribution in [2.45, 2.75) is 37.9 Å². The summed E-state index contributed by atoms with van der Waals surface area (Å²) in [6, 6.07) is 12.6. The van der Waals surface area contributed by atoms with Crippen LogP contribution >= 0.6 is 0 Å². The van der Waals surface area contributed by atoms with Crippen LogP contribution in [0.1, 0.15) is 29.6 Å². The molecule has 1 saturated heterocycles. The van der Waals surface area contributed by atoms with Crippen molar-refractivity contribution in [2.24, 2.45) is 18.7 Å². The molecule has 1 amide bonds. The summed E-state index contributed by atoms with van der Waals surface area (Å²) in [4.78, 5) is 23.0. The molecule has 2 fully saturated rings. The van der Waals surface area contributed by atoms with Crippen molar-refractivity contribution < 1.29 is 14.6 Å². The van der Waals surface area contributed by atoms with E-state index in [-0.39, 0.29) is 24.6 Å². The fourth-order valence-electron chi connectivity index (χ4n) is 7.08. The standard InChI is InChI=1S/C29H34N6O3/c1-32-27-20(13-19(15-24(27)38-2)29(37)35-16-18-7-8-21(35)25(18)30)31-28(32)23-14-17-5-3-6-22-26(17)34(23)11-10-33(22)9-4-12-36/h3,5-6,13-15,18,21,25,36H,4,7-12,16,30H2,1-2H3/t18-,21-,25-/m1/s1. The van der Waals surface area contributed by atoms with Gasteiger partial charge in [0.2, 0.25) is 0 Å². The zero-order chi connectivity index (χ0) is 26.1. The van der Waals surface area contributed by atoms with E-state index in [2.05, 4.69) is 38.3 Å². The number of carbonyl (C=O) groups excluding carboxylic acids is 1. The Morgan fingerprint density at radius 2 is 2.05 bits per heavy atom. The van der Waals surface area contributed by atoms with Gasteiger partial charge in [-0.3, -0.25) is 4.79 Å². The molecule has 3 atom stereocenters. The van der Waals surface area contributed by atoms with Gasteiger partial charge < -0.3 is 34.5 Å². The van der Waals surface area contributed by atoms with E-state index in [0.29, 0.717) is 17.2 Å². The van der Waals surface area contributed by atoms with Crippen LogP contribution in [0.15, 0.2) is 36.4 Å². The smallest absolute Gasteiger partial charge is 0.254 e. The Kier molecular flexibility index (Phi) is 5.42. The summed E-state index contributed by atoms with van der Waals surface area (Å²) in [7, 11) is 3.65. The first-order valence-corrected chi connectivity index (χ1v) is 13.6. The van der Waals surface area contributed by atoms with Crippen LogP contribution in [0, 0.1) is 5.92 Å². The average molecular weight is 515 g/mol. The molecule has 2 aromatic heterocycles. The van der Waals surface area contributed by atoms with Gasteiger partial charge in [-0.05, 0) is 49.4 Å². The van der Waals surface area contributed by atoms with Crippen molar-refractivity contribution in [1.29, 1.82) is 0 Å². The van der Waals surface area contributed by atoms with Gasteiger partial charge in [0, 0.05) is 62.9 Å². The average Bonchev–Trinajstić information content (AvgIpc) is 3.68. The first kappa shape index (κ1) is 23.5. The molecule has 0 radical (unpaired) electrons. The van der Waals surface area contributed by atoms with Gasteiger partial charge in [-0.15, -0.1) is 0 Å². The van der Waals surface area contributed by atoms with Gasteiger partial charge in [-0.25, -0.2) is 4.98 Å². The van der Waals surface area contributed by atoms with Gasteiger partial charge in [0.05, 0.1) is 29.5 Å². The van der Waals surface area contributed by atoms with Crippen molar-refractivity contribution in [1.82, 2.24) is 19.0 Å². The van der Waals surface area contributed by atoms with Gasteiger partial charge in [-0.1, -0.05) is 12.1 Å².